The van der Waals surface area contributed by atoms with E-state index >= 15 is 0 Å². The Bertz CT molecular complexity index is 459. The molecule has 0 spiro atoms. The molecule has 1 unspecified atom stereocenters. The minimum atomic E-state index is -0.378. The molecule has 110 valence electrons. The molecule has 1 aromatic rings. The number of amides is 1. The summed E-state index contributed by atoms with van der Waals surface area (Å²) >= 11 is 0. The lowest BCUT2D eigenvalue weighted by Crippen LogP contribution is -2.51. The van der Waals surface area contributed by atoms with Gasteiger partial charge >= 0.3 is 0 Å². The van der Waals surface area contributed by atoms with Gasteiger partial charge in [-0.15, -0.1) is 0 Å². The van der Waals surface area contributed by atoms with Crippen molar-refractivity contribution in [1.82, 2.24) is 9.88 Å². The summed E-state index contributed by atoms with van der Waals surface area (Å²) < 4.78 is 10.3. The Kier molecular flexibility index (Phi) is 4.79. The summed E-state index contributed by atoms with van der Waals surface area (Å²) in [4.78, 5) is 20.4. The van der Waals surface area contributed by atoms with E-state index in [4.69, 9.17) is 9.47 Å². The molecule has 6 heteroatoms. The molecule has 0 saturated carbocycles. The van der Waals surface area contributed by atoms with Crippen LogP contribution in [0.1, 0.15) is 6.92 Å². The predicted molar refractivity (Wildman–Crippen MR) is 76.1 cm³/mol. The number of methoxy groups -OCH3 is 2. The number of hydrogen-bond acceptors (Lipinski definition) is 5. The molecule has 1 atom stereocenters. The second-order valence-corrected chi connectivity index (χ2v) is 4.74. The van der Waals surface area contributed by atoms with Gasteiger partial charge in [0.25, 0.3) is 5.91 Å². The SMILES string of the molecule is COc1ccnc(N2CCN(C(=O)C(C)OC)CC2)c1. The molecule has 0 bridgehead atoms. The topological polar surface area (TPSA) is 54.9 Å². The highest BCUT2D eigenvalue weighted by Gasteiger charge is 2.25. The zero-order chi connectivity index (χ0) is 14.5. The summed E-state index contributed by atoms with van der Waals surface area (Å²) in [6.45, 7) is 4.68. The quantitative estimate of drug-likeness (QED) is 0.815. The summed E-state index contributed by atoms with van der Waals surface area (Å²) in [6, 6.07) is 3.73. The van der Waals surface area contributed by atoms with Gasteiger partial charge in [-0.05, 0) is 13.0 Å². The zero-order valence-electron chi connectivity index (χ0n) is 12.2. The van der Waals surface area contributed by atoms with Gasteiger partial charge in [-0.1, -0.05) is 0 Å². The van der Waals surface area contributed by atoms with Crippen molar-refractivity contribution < 1.29 is 14.3 Å². The van der Waals surface area contributed by atoms with Gasteiger partial charge < -0.3 is 19.3 Å². The van der Waals surface area contributed by atoms with E-state index in [0.717, 1.165) is 24.7 Å². The monoisotopic (exact) mass is 279 g/mol. The summed E-state index contributed by atoms with van der Waals surface area (Å²) in [5.41, 5.74) is 0. The molecule has 6 nitrogen and oxygen atoms in total. The fourth-order valence-electron chi connectivity index (χ4n) is 2.21. The summed E-state index contributed by atoms with van der Waals surface area (Å²) in [6.07, 6.45) is 1.36. The summed E-state index contributed by atoms with van der Waals surface area (Å²) in [5.74, 6) is 1.73. The largest absolute Gasteiger partial charge is 0.497 e. The van der Waals surface area contributed by atoms with Crippen LogP contribution in [-0.4, -0.2) is 62.3 Å². The van der Waals surface area contributed by atoms with Crippen molar-refractivity contribution in [3.8, 4) is 5.75 Å². The highest BCUT2D eigenvalue weighted by Crippen LogP contribution is 2.19. The maximum atomic E-state index is 12.0. The highest BCUT2D eigenvalue weighted by molar-refractivity contribution is 5.80. The van der Waals surface area contributed by atoms with Gasteiger partial charge in [0.2, 0.25) is 0 Å². The molecule has 0 N–H and O–H groups in total. The number of nitrogens with zero attached hydrogens (tertiary/aromatic N) is 3. The third kappa shape index (κ3) is 3.19. The molecule has 0 aromatic carbocycles. The Morgan fingerprint density at radius 2 is 2.00 bits per heavy atom. The molecule has 0 aliphatic carbocycles. The molecular weight excluding hydrogens is 258 g/mol. The number of carbonyl (C=O) groups is 1. The van der Waals surface area contributed by atoms with Crippen molar-refractivity contribution in [2.75, 3.05) is 45.3 Å². The predicted octanol–water partition coefficient (Wildman–Crippen LogP) is 0.774. The molecule has 1 saturated heterocycles. The lowest BCUT2D eigenvalue weighted by molar-refractivity contribution is -0.141. The molecule has 2 rings (SSSR count). The van der Waals surface area contributed by atoms with Crippen molar-refractivity contribution in [1.29, 1.82) is 0 Å². The standard InChI is InChI=1S/C14H21N3O3/c1-11(19-2)14(18)17-8-6-16(7-9-17)13-10-12(20-3)4-5-15-13/h4-5,10-11H,6-9H2,1-3H3. The van der Waals surface area contributed by atoms with E-state index in [9.17, 15) is 4.79 Å². The van der Waals surface area contributed by atoms with E-state index in [0.29, 0.717) is 13.1 Å². The van der Waals surface area contributed by atoms with E-state index < -0.39 is 0 Å². The van der Waals surface area contributed by atoms with Crippen molar-refractivity contribution in [3.63, 3.8) is 0 Å². The third-order valence-electron chi connectivity index (χ3n) is 3.57. The van der Waals surface area contributed by atoms with Crippen LogP contribution in [0, 0.1) is 0 Å². The fourth-order valence-corrected chi connectivity index (χ4v) is 2.21. The maximum absolute atomic E-state index is 12.0. The van der Waals surface area contributed by atoms with Gasteiger partial charge in [0.05, 0.1) is 7.11 Å². The minimum Gasteiger partial charge on any atom is -0.497 e. The van der Waals surface area contributed by atoms with Crippen LogP contribution in [0.25, 0.3) is 0 Å². The number of ether oxygens (including phenoxy) is 2. The van der Waals surface area contributed by atoms with Crippen molar-refractivity contribution in [2.24, 2.45) is 0 Å². The van der Waals surface area contributed by atoms with Crippen molar-refractivity contribution in [2.45, 2.75) is 13.0 Å². The van der Waals surface area contributed by atoms with Gasteiger partial charge in [0.15, 0.2) is 0 Å². The van der Waals surface area contributed by atoms with Crippen LogP contribution >= 0.6 is 0 Å². The minimum absolute atomic E-state index is 0.0470. The molecule has 1 aliphatic heterocycles. The number of carbonyl (C=O) groups excluding carboxylic acids is 1. The molecule has 2 heterocycles. The highest BCUT2D eigenvalue weighted by atomic mass is 16.5. The molecular formula is C14H21N3O3. The summed E-state index contributed by atoms with van der Waals surface area (Å²) in [7, 11) is 3.20. The van der Waals surface area contributed by atoms with Crippen LogP contribution in [0.5, 0.6) is 5.75 Å². The Balaban J connectivity index is 1.95. The first-order valence-corrected chi connectivity index (χ1v) is 6.72. The molecule has 0 radical (unpaired) electrons. The number of aromatic nitrogens is 1. The van der Waals surface area contributed by atoms with Gasteiger partial charge in [-0.3, -0.25) is 4.79 Å². The summed E-state index contributed by atoms with van der Waals surface area (Å²) in [5, 5.41) is 0. The number of anilines is 1. The lowest BCUT2D eigenvalue weighted by atomic mass is 10.2. The van der Waals surface area contributed by atoms with Gasteiger partial charge in [0.1, 0.15) is 17.7 Å². The molecule has 1 amide bonds. The van der Waals surface area contributed by atoms with Gasteiger partial charge in [-0.2, -0.15) is 0 Å². The van der Waals surface area contributed by atoms with Gasteiger partial charge in [-0.25, -0.2) is 4.98 Å². The Morgan fingerprint density at radius 3 is 2.60 bits per heavy atom. The first kappa shape index (κ1) is 14.6. The average Bonchev–Trinajstić information content (AvgIpc) is 2.53. The van der Waals surface area contributed by atoms with Crippen LogP contribution < -0.4 is 9.64 Å². The second-order valence-electron chi connectivity index (χ2n) is 4.74. The van der Waals surface area contributed by atoms with Crippen LogP contribution in [-0.2, 0) is 9.53 Å². The van der Waals surface area contributed by atoms with E-state index in [1.54, 1.807) is 27.3 Å². The molecule has 1 aliphatic rings. The van der Waals surface area contributed by atoms with Gasteiger partial charge in [0, 0.05) is 45.6 Å². The first-order chi connectivity index (χ1) is 9.65. The maximum Gasteiger partial charge on any atom is 0.251 e. The molecule has 1 fully saturated rings. The van der Waals surface area contributed by atoms with Crippen LogP contribution in [0.2, 0.25) is 0 Å². The number of pyridine rings is 1. The van der Waals surface area contributed by atoms with Crippen LogP contribution in [0.3, 0.4) is 0 Å². The lowest BCUT2D eigenvalue weighted by Gasteiger charge is -2.36. The first-order valence-electron chi connectivity index (χ1n) is 6.72. The normalized spacial score (nSPS) is 16.9. The third-order valence-corrected chi connectivity index (χ3v) is 3.57. The van der Waals surface area contributed by atoms with E-state index in [1.165, 1.54) is 0 Å². The Hall–Kier alpha value is -1.82. The number of piperazine rings is 1. The van der Waals surface area contributed by atoms with Crippen LogP contribution in [0.4, 0.5) is 5.82 Å². The Labute approximate surface area is 119 Å². The Morgan fingerprint density at radius 1 is 1.30 bits per heavy atom. The smallest absolute Gasteiger partial charge is 0.251 e. The average molecular weight is 279 g/mol. The van der Waals surface area contributed by atoms with E-state index in [1.807, 2.05) is 17.0 Å². The van der Waals surface area contributed by atoms with Crippen LogP contribution in [0.15, 0.2) is 18.3 Å². The van der Waals surface area contributed by atoms with Crippen molar-refractivity contribution in [3.05, 3.63) is 18.3 Å². The van der Waals surface area contributed by atoms with Crippen molar-refractivity contribution >= 4 is 11.7 Å². The van der Waals surface area contributed by atoms with E-state index in [-0.39, 0.29) is 12.0 Å². The fraction of sp³-hybridized carbons (Fsp3) is 0.571. The molecule has 20 heavy (non-hydrogen) atoms. The zero-order valence-corrected chi connectivity index (χ0v) is 12.2. The van der Waals surface area contributed by atoms with E-state index in [2.05, 4.69) is 9.88 Å². The number of hydrogen-bond donors (Lipinski definition) is 0. The molecule has 1 aromatic heterocycles. The number of rotatable bonds is 4. The second kappa shape index (κ2) is 6.56.